The van der Waals surface area contributed by atoms with Gasteiger partial charge in [0, 0.05) is 0 Å². The molecule has 0 aromatic heterocycles. The van der Waals surface area contributed by atoms with Crippen molar-refractivity contribution < 1.29 is 5.11 Å². The molecule has 1 aromatic rings. The van der Waals surface area contributed by atoms with Crippen molar-refractivity contribution in [2.24, 2.45) is 11.8 Å². The lowest BCUT2D eigenvalue weighted by Crippen LogP contribution is -2.08. The lowest BCUT2D eigenvalue weighted by molar-refractivity contribution is 0.364. The van der Waals surface area contributed by atoms with E-state index in [4.69, 9.17) is 0 Å². The molecule has 1 aliphatic carbocycles. The molecule has 0 radical (unpaired) electrons. The van der Waals surface area contributed by atoms with E-state index in [2.05, 4.69) is 19.1 Å². The van der Waals surface area contributed by atoms with Crippen molar-refractivity contribution in [1.82, 2.24) is 0 Å². The van der Waals surface area contributed by atoms with E-state index in [9.17, 15) is 5.11 Å². The van der Waals surface area contributed by atoms with Gasteiger partial charge in [-0.1, -0.05) is 51.2 Å². The zero-order valence-corrected chi connectivity index (χ0v) is 10.9. The molecule has 1 saturated carbocycles. The molecule has 0 aliphatic heterocycles. The zero-order valence-electron chi connectivity index (χ0n) is 10.9. The number of benzene rings is 1. The number of aromatic hydroxyl groups is 1. The van der Waals surface area contributed by atoms with E-state index in [0.29, 0.717) is 5.75 Å². The Morgan fingerprint density at radius 1 is 1.18 bits per heavy atom. The van der Waals surface area contributed by atoms with E-state index in [0.717, 1.165) is 11.8 Å². The van der Waals surface area contributed by atoms with Crippen LogP contribution in [0.1, 0.15) is 51.0 Å². The van der Waals surface area contributed by atoms with E-state index in [1.54, 1.807) is 12.1 Å². The maximum Gasteiger partial charge on any atom is 0.115 e. The van der Waals surface area contributed by atoms with E-state index in [-0.39, 0.29) is 0 Å². The number of phenols is 1. The Bertz CT molecular complexity index is 322. The predicted octanol–water partition coefficient (Wildman–Crippen LogP) is 4.54. The summed E-state index contributed by atoms with van der Waals surface area (Å²) in [5.41, 5.74) is 1.37. The molecule has 2 rings (SSSR count). The predicted molar refractivity (Wildman–Crippen MR) is 72.2 cm³/mol. The highest BCUT2D eigenvalue weighted by atomic mass is 16.3. The first kappa shape index (κ1) is 12.5. The summed E-state index contributed by atoms with van der Waals surface area (Å²) in [6.07, 6.45) is 9.64. The van der Waals surface area contributed by atoms with E-state index in [1.165, 1.54) is 50.5 Å². The van der Waals surface area contributed by atoms with E-state index < -0.39 is 0 Å². The van der Waals surface area contributed by atoms with Crippen molar-refractivity contribution in [1.29, 1.82) is 0 Å². The molecule has 1 N–H and O–H groups in total. The van der Waals surface area contributed by atoms with Gasteiger partial charge in [-0.15, -0.1) is 0 Å². The van der Waals surface area contributed by atoms with Gasteiger partial charge in [-0.3, -0.25) is 0 Å². The normalized spacial score (nSPS) is 18.4. The van der Waals surface area contributed by atoms with Gasteiger partial charge in [0.05, 0.1) is 0 Å². The van der Waals surface area contributed by atoms with Gasteiger partial charge in [0.15, 0.2) is 0 Å². The van der Waals surface area contributed by atoms with Crippen LogP contribution in [0.2, 0.25) is 0 Å². The Labute approximate surface area is 105 Å². The quantitative estimate of drug-likeness (QED) is 0.790. The van der Waals surface area contributed by atoms with Crippen LogP contribution in [0.15, 0.2) is 24.3 Å². The molecule has 0 amide bonds. The Morgan fingerprint density at radius 3 is 2.41 bits per heavy atom. The Kier molecular flexibility index (Phi) is 4.47. The number of phenolic OH excluding ortho intramolecular Hbond substituents is 1. The van der Waals surface area contributed by atoms with E-state index in [1.807, 2.05) is 0 Å². The molecule has 1 aromatic carbocycles. The fourth-order valence-electron chi connectivity index (χ4n) is 3.08. The van der Waals surface area contributed by atoms with Gasteiger partial charge in [-0.2, -0.15) is 0 Å². The number of hydrogen-bond acceptors (Lipinski definition) is 1. The third-order valence-corrected chi connectivity index (χ3v) is 4.18. The second-order valence-corrected chi connectivity index (χ2v) is 5.53. The van der Waals surface area contributed by atoms with Crippen LogP contribution in [0, 0.1) is 11.8 Å². The van der Waals surface area contributed by atoms with Gasteiger partial charge < -0.3 is 5.11 Å². The SMILES string of the molecule is CCC(Cc1ccc(O)cc1)CC1CCCC1. The van der Waals surface area contributed by atoms with Crippen molar-refractivity contribution in [3.63, 3.8) is 0 Å². The average molecular weight is 232 g/mol. The summed E-state index contributed by atoms with van der Waals surface area (Å²) < 4.78 is 0. The monoisotopic (exact) mass is 232 g/mol. The lowest BCUT2D eigenvalue weighted by Gasteiger charge is -2.19. The summed E-state index contributed by atoms with van der Waals surface area (Å²) in [6.45, 7) is 2.31. The van der Waals surface area contributed by atoms with Crippen LogP contribution in [-0.4, -0.2) is 5.11 Å². The number of rotatable bonds is 5. The molecule has 1 fully saturated rings. The second-order valence-electron chi connectivity index (χ2n) is 5.53. The van der Waals surface area contributed by atoms with Crippen molar-refractivity contribution in [2.45, 2.75) is 51.9 Å². The molecule has 0 bridgehead atoms. The molecule has 1 heteroatoms. The summed E-state index contributed by atoms with van der Waals surface area (Å²) in [7, 11) is 0. The van der Waals surface area contributed by atoms with Crippen LogP contribution in [0.4, 0.5) is 0 Å². The molecule has 0 heterocycles. The van der Waals surface area contributed by atoms with Crippen LogP contribution in [0.5, 0.6) is 5.75 Å². The minimum atomic E-state index is 0.373. The first-order chi connectivity index (χ1) is 8.28. The highest BCUT2D eigenvalue weighted by Gasteiger charge is 2.19. The molecule has 0 saturated heterocycles. The number of hydrogen-bond donors (Lipinski definition) is 1. The Morgan fingerprint density at radius 2 is 1.82 bits per heavy atom. The fraction of sp³-hybridized carbons (Fsp3) is 0.625. The smallest absolute Gasteiger partial charge is 0.115 e. The average Bonchev–Trinajstić information content (AvgIpc) is 2.84. The molecule has 1 aliphatic rings. The maximum atomic E-state index is 9.28. The summed E-state index contributed by atoms with van der Waals surface area (Å²) in [4.78, 5) is 0. The standard InChI is InChI=1S/C16H24O/c1-2-13(11-14-5-3-4-6-14)12-15-7-9-16(17)10-8-15/h7-10,13-14,17H,2-6,11-12H2,1H3. The van der Waals surface area contributed by atoms with Crippen LogP contribution < -0.4 is 0 Å². The van der Waals surface area contributed by atoms with Crippen LogP contribution in [-0.2, 0) is 6.42 Å². The van der Waals surface area contributed by atoms with Crippen LogP contribution >= 0.6 is 0 Å². The molecular weight excluding hydrogens is 208 g/mol. The highest BCUT2D eigenvalue weighted by molar-refractivity contribution is 5.26. The van der Waals surface area contributed by atoms with Gasteiger partial charge in [0.2, 0.25) is 0 Å². The van der Waals surface area contributed by atoms with Crippen molar-refractivity contribution >= 4 is 0 Å². The summed E-state index contributed by atoms with van der Waals surface area (Å²) in [5, 5.41) is 9.28. The van der Waals surface area contributed by atoms with Gasteiger partial charge in [-0.25, -0.2) is 0 Å². The lowest BCUT2D eigenvalue weighted by atomic mass is 9.87. The van der Waals surface area contributed by atoms with Gasteiger partial charge in [-0.05, 0) is 42.4 Å². The van der Waals surface area contributed by atoms with Crippen molar-refractivity contribution in [2.75, 3.05) is 0 Å². The Balaban J connectivity index is 1.87. The molecule has 1 unspecified atom stereocenters. The van der Waals surface area contributed by atoms with Gasteiger partial charge >= 0.3 is 0 Å². The molecule has 1 nitrogen and oxygen atoms in total. The van der Waals surface area contributed by atoms with Crippen LogP contribution in [0.25, 0.3) is 0 Å². The first-order valence-corrected chi connectivity index (χ1v) is 7.06. The maximum absolute atomic E-state index is 9.28. The topological polar surface area (TPSA) is 20.2 Å². The fourth-order valence-corrected chi connectivity index (χ4v) is 3.08. The van der Waals surface area contributed by atoms with Crippen molar-refractivity contribution in [3.8, 4) is 5.75 Å². The molecule has 1 atom stereocenters. The summed E-state index contributed by atoms with van der Waals surface area (Å²) >= 11 is 0. The van der Waals surface area contributed by atoms with Crippen LogP contribution in [0.3, 0.4) is 0 Å². The molecular formula is C16H24O. The third kappa shape index (κ3) is 3.76. The van der Waals surface area contributed by atoms with Gasteiger partial charge in [0.25, 0.3) is 0 Å². The molecule has 17 heavy (non-hydrogen) atoms. The minimum Gasteiger partial charge on any atom is -0.508 e. The summed E-state index contributed by atoms with van der Waals surface area (Å²) in [5.74, 6) is 2.18. The third-order valence-electron chi connectivity index (χ3n) is 4.18. The molecule has 94 valence electrons. The Hall–Kier alpha value is -0.980. The highest BCUT2D eigenvalue weighted by Crippen LogP contribution is 2.32. The summed E-state index contributed by atoms with van der Waals surface area (Å²) in [6, 6.07) is 7.73. The first-order valence-electron chi connectivity index (χ1n) is 7.06. The second kappa shape index (κ2) is 6.09. The van der Waals surface area contributed by atoms with Crippen molar-refractivity contribution in [3.05, 3.63) is 29.8 Å². The largest absolute Gasteiger partial charge is 0.508 e. The van der Waals surface area contributed by atoms with E-state index >= 15 is 0 Å². The zero-order chi connectivity index (χ0) is 12.1. The van der Waals surface area contributed by atoms with Gasteiger partial charge in [0.1, 0.15) is 5.75 Å². The molecule has 0 spiro atoms. The minimum absolute atomic E-state index is 0.373.